The van der Waals surface area contributed by atoms with Crippen molar-refractivity contribution in [3.63, 3.8) is 0 Å². The zero-order valence-electron chi connectivity index (χ0n) is 15.8. The average Bonchev–Trinajstić information content (AvgIpc) is 2.60. The summed E-state index contributed by atoms with van der Waals surface area (Å²) in [6.45, 7) is 5.34. The van der Waals surface area contributed by atoms with Gasteiger partial charge < -0.3 is 14.6 Å². The maximum Gasteiger partial charge on any atom is 0.410 e. The van der Waals surface area contributed by atoms with Crippen molar-refractivity contribution in [1.82, 2.24) is 4.90 Å². The topological polar surface area (TPSA) is 76.1 Å². The minimum Gasteiger partial charge on any atom is -0.508 e. The van der Waals surface area contributed by atoms with Gasteiger partial charge >= 0.3 is 12.1 Å². The highest BCUT2D eigenvalue weighted by Gasteiger charge is 2.23. The van der Waals surface area contributed by atoms with Crippen molar-refractivity contribution in [3.8, 4) is 5.75 Å². The summed E-state index contributed by atoms with van der Waals surface area (Å²) in [6, 6.07) is 15.7. The molecule has 0 fully saturated rings. The summed E-state index contributed by atoms with van der Waals surface area (Å²) in [6.07, 6.45) is -0.613. The molecule has 0 aliphatic rings. The third-order valence-corrected chi connectivity index (χ3v) is 3.51. The highest BCUT2D eigenvalue weighted by atomic mass is 16.6. The number of esters is 1. The van der Waals surface area contributed by atoms with E-state index in [2.05, 4.69) is 0 Å². The smallest absolute Gasteiger partial charge is 0.410 e. The monoisotopic (exact) mass is 371 g/mol. The molecule has 27 heavy (non-hydrogen) atoms. The molecule has 1 N–H and O–H groups in total. The molecule has 0 bridgehead atoms. The third kappa shape index (κ3) is 7.40. The number of phenols is 1. The molecule has 0 heterocycles. The van der Waals surface area contributed by atoms with Gasteiger partial charge in [-0.1, -0.05) is 42.5 Å². The van der Waals surface area contributed by atoms with Gasteiger partial charge in [0.05, 0.1) is 0 Å². The molecular weight excluding hydrogens is 346 g/mol. The molecule has 0 radical (unpaired) electrons. The Balaban J connectivity index is 2.06. The molecule has 0 spiro atoms. The van der Waals surface area contributed by atoms with Gasteiger partial charge in [-0.05, 0) is 44.0 Å². The number of carbonyl (C=O) groups excluding carboxylic acids is 2. The van der Waals surface area contributed by atoms with Crippen LogP contribution in [0.15, 0.2) is 54.6 Å². The number of rotatable bonds is 6. The van der Waals surface area contributed by atoms with Gasteiger partial charge in [0.15, 0.2) is 0 Å². The van der Waals surface area contributed by atoms with Crippen LogP contribution in [0.1, 0.15) is 31.9 Å². The predicted molar refractivity (Wildman–Crippen MR) is 101 cm³/mol. The largest absolute Gasteiger partial charge is 0.508 e. The molecule has 0 saturated heterocycles. The Morgan fingerprint density at radius 1 is 0.963 bits per heavy atom. The molecule has 6 nitrogen and oxygen atoms in total. The van der Waals surface area contributed by atoms with Crippen LogP contribution in [-0.2, 0) is 27.4 Å². The fraction of sp³-hybridized carbons (Fsp3) is 0.333. The fourth-order valence-corrected chi connectivity index (χ4v) is 2.35. The third-order valence-electron chi connectivity index (χ3n) is 3.51. The molecule has 144 valence electrons. The zero-order valence-corrected chi connectivity index (χ0v) is 15.8. The van der Waals surface area contributed by atoms with Gasteiger partial charge in [-0.15, -0.1) is 0 Å². The first-order valence-corrected chi connectivity index (χ1v) is 8.68. The lowest BCUT2D eigenvalue weighted by Gasteiger charge is -2.25. The summed E-state index contributed by atoms with van der Waals surface area (Å²) >= 11 is 0. The van der Waals surface area contributed by atoms with E-state index in [1.165, 1.54) is 17.0 Å². The van der Waals surface area contributed by atoms with Crippen LogP contribution in [0.3, 0.4) is 0 Å². The number of hydrogen-bond donors (Lipinski definition) is 1. The highest BCUT2D eigenvalue weighted by molar-refractivity contribution is 5.78. The first-order chi connectivity index (χ1) is 12.7. The lowest BCUT2D eigenvalue weighted by Crippen LogP contribution is -2.38. The first-order valence-electron chi connectivity index (χ1n) is 8.68. The quantitative estimate of drug-likeness (QED) is 0.780. The van der Waals surface area contributed by atoms with E-state index < -0.39 is 17.7 Å². The molecule has 0 aromatic heterocycles. The molecule has 0 saturated carbocycles. The number of benzene rings is 2. The van der Waals surface area contributed by atoms with E-state index in [0.717, 1.165) is 11.1 Å². The molecule has 0 aliphatic heterocycles. The predicted octanol–water partition coefficient (Wildman–Crippen LogP) is 3.87. The number of hydrogen-bond acceptors (Lipinski definition) is 5. The summed E-state index contributed by atoms with van der Waals surface area (Å²) in [7, 11) is 0. The highest BCUT2D eigenvalue weighted by Crippen LogP contribution is 2.14. The normalized spacial score (nSPS) is 10.9. The fourth-order valence-electron chi connectivity index (χ4n) is 2.35. The van der Waals surface area contributed by atoms with Gasteiger partial charge in [0, 0.05) is 6.54 Å². The Kier molecular flexibility index (Phi) is 6.82. The SMILES string of the molecule is CC(C)(C)OC(=O)CN(Cc1ccc(O)cc1)C(=O)OCc1ccccc1. The molecule has 0 atom stereocenters. The lowest BCUT2D eigenvalue weighted by molar-refractivity contribution is -0.155. The standard InChI is InChI=1S/C21H25NO5/c1-21(2,3)27-19(24)14-22(13-16-9-11-18(23)12-10-16)20(25)26-15-17-7-5-4-6-8-17/h4-12,23H,13-15H2,1-3H3. The van der Waals surface area contributed by atoms with Gasteiger partial charge in [-0.25, -0.2) is 4.79 Å². The second kappa shape index (κ2) is 9.07. The van der Waals surface area contributed by atoms with E-state index in [-0.39, 0.29) is 25.4 Å². The average molecular weight is 371 g/mol. The van der Waals surface area contributed by atoms with E-state index in [0.29, 0.717) is 0 Å². The summed E-state index contributed by atoms with van der Waals surface area (Å²) in [5, 5.41) is 9.40. The molecule has 2 rings (SSSR count). The lowest BCUT2D eigenvalue weighted by atomic mass is 10.2. The minimum absolute atomic E-state index is 0.111. The second-order valence-corrected chi connectivity index (χ2v) is 7.15. The van der Waals surface area contributed by atoms with E-state index >= 15 is 0 Å². The van der Waals surface area contributed by atoms with Gasteiger partial charge in [0.25, 0.3) is 0 Å². The first kappa shape index (κ1) is 20.3. The van der Waals surface area contributed by atoms with Crippen LogP contribution in [0, 0.1) is 0 Å². The molecule has 6 heteroatoms. The van der Waals surface area contributed by atoms with Crippen molar-refractivity contribution in [2.45, 2.75) is 39.5 Å². The summed E-state index contributed by atoms with van der Waals surface area (Å²) in [5.74, 6) is -0.387. The molecule has 0 aliphatic carbocycles. The van der Waals surface area contributed by atoms with Crippen LogP contribution < -0.4 is 0 Å². The second-order valence-electron chi connectivity index (χ2n) is 7.15. The van der Waals surface area contributed by atoms with Gasteiger partial charge in [0.1, 0.15) is 24.5 Å². The minimum atomic E-state index is -0.644. The molecule has 2 aromatic carbocycles. The van der Waals surface area contributed by atoms with E-state index in [1.54, 1.807) is 32.9 Å². The van der Waals surface area contributed by atoms with Crippen LogP contribution in [0.4, 0.5) is 4.79 Å². The van der Waals surface area contributed by atoms with E-state index in [9.17, 15) is 14.7 Å². The van der Waals surface area contributed by atoms with E-state index in [4.69, 9.17) is 9.47 Å². The number of aromatic hydroxyl groups is 1. The van der Waals surface area contributed by atoms with Gasteiger partial charge in [-0.2, -0.15) is 0 Å². The molecule has 0 unspecified atom stereocenters. The van der Waals surface area contributed by atoms with Crippen molar-refractivity contribution < 1.29 is 24.2 Å². The maximum absolute atomic E-state index is 12.5. The van der Waals surface area contributed by atoms with Crippen LogP contribution in [0.2, 0.25) is 0 Å². The van der Waals surface area contributed by atoms with Gasteiger partial charge in [-0.3, -0.25) is 9.69 Å². The van der Waals surface area contributed by atoms with Gasteiger partial charge in [0.2, 0.25) is 0 Å². The molecule has 2 aromatic rings. The Morgan fingerprint density at radius 2 is 1.59 bits per heavy atom. The van der Waals surface area contributed by atoms with Crippen LogP contribution >= 0.6 is 0 Å². The van der Waals surface area contributed by atoms with Crippen molar-refractivity contribution in [2.24, 2.45) is 0 Å². The van der Waals surface area contributed by atoms with Crippen molar-refractivity contribution in [1.29, 1.82) is 0 Å². The molecule has 1 amide bonds. The number of phenolic OH excluding ortho intramolecular Hbond substituents is 1. The number of ether oxygens (including phenoxy) is 2. The summed E-state index contributed by atoms with van der Waals surface area (Å²) < 4.78 is 10.7. The Morgan fingerprint density at radius 3 is 2.19 bits per heavy atom. The summed E-state index contributed by atoms with van der Waals surface area (Å²) in [4.78, 5) is 26.0. The van der Waals surface area contributed by atoms with E-state index in [1.807, 2.05) is 30.3 Å². The number of carbonyl (C=O) groups is 2. The van der Waals surface area contributed by atoms with Crippen molar-refractivity contribution in [3.05, 3.63) is 65.7 Å². The number of amides is 1. The van der Waals surface area contributed by atoms with Crippen LogP contribution in [0.5, 0.6) is 5.75 Å². The van der Waals surface area contributed by atoms with Crippen molar-refractivity contribution in [2.75, 3.05) is 6.54 Å². The van der Waals surface area contributed by atoms with Crippen molar-refractivity contribution >= 4 is 12.1 Å². The molecular formula is C21H25NO5. The Hall–Kier alpha value is -3.02. The number of nitrogens with zero attached hydrogens (tertiary/aromatic N) is 1. The maximum atomic E-state index is 12.5. The van der Waals surface area contributed by atoms with Crippen LogP contribution in [0.25, 0.3) is 0 Å². The zero-order chi connectivity index (χ0) is 19.9. The summed E-state index contributed by atoms with van der Waals surface area (Å²) in [5.41, 5.74) is 0.968. The Bertz CT molecular complexity index is 750. The van der Waals surface area contributed by atoms with Crippen LogP contribution in [-0.4, -0.2) is 34.2 Å². The Labute approximate surface area is 159 Å².